The summed E-state index contributed by atoms with van der Waals surface area (Å²) < 4.78 is 14.9. The van der Waals surface area contributed by atoms with Gasteiger partial charge < -0.3 is 14.2 Å². The maximum atomic E-state index is 13.0. The molecule has 4 rings (SSSR count). The van der Waals surface area contributed by atoms with E-state index in [4.69, 9.17) is 0 Å². The Morgan fingerprint density at radius 2 is 1.80 bits per heavy atom. The number of carbonyl (C=O) groups excluding carboxylic acids is 1. The number of pyridine rings is 1. The number of hydrogen-bond acceptors (Lipinski definition) is 3. The second-order valence-corrected chi connectivity index (χ2v) is 6.30. The Kier molecular flexibility index (Phi) is 3.87. The van der Waals surface area contributed by atoms with Crippen molar-refractivity contribution in [2.75, 3.05) is 31.1 Å². The lowest BCUT2D eigenvalue weighted by atomic mass is 10.2. The van der Waals surface area contributed by atoms with Gasteiger partial charge in [0.25, 0.3) is 5.91 Å². The van der Waals surface area contributed by atoms with Crippen molar-refractivity contribution in [3.8, 4) is 0 Å². The molecule has 1 amide bonds. The van der Waals surface area contributed by atoms with Crippen LogP contribution in [-0.2, 0) is 0 Å². The Labute approximate surface area is 145 Å². The predicted octanol–water partition coefficient (Wildman–Crippen LogP) is 2.74. The number of fused-ring (bicyclic) bond motifs is 1. The van der Waals surface area contributed by atoms with Crippen LogP contribution >= 0.6 is 0 Å². The average Bonchev–Trinajstić information content (AvgIpc) is 3.08. The molecule has 1 aliphatic heterocycles. The third-order valence-electron chi connectivity index (χ3n) is 4.66. The van der Waals surface area contributed by atoms with Crippen LogP contribution in [-0.4, -0.2) is 46.4 Å². The zero-order chi connectivity index (χ0) is 17.4. The zero-order valence-corrected chi connectivity index (χ0v) is 14.0. The van der Waals surface area contributed by atoms with Crippen LogP contribution in [0.4, 0.5) is 10.1 Å². The number of aromatic nitrogens is 2. The van der Waals surface area contributed by atoms with E-state index in [0.717, 1.165) is 30.0 Å². The molecule has 2 aromatic heterocycles. The van der Waals surface area contributed by atoms with E-state index in [9.17, 15) is 9.18 Å². The zero-order valence-electron chi connectivity index (χ0n) is 14.0. The summed E-state index contributed by atoms with van der Waals surface area (Å²) in [7, 11) is 0. The molecule has 1 fully saturated rings. The third kappa shape index (κ3) is 2.95. The Morgan fingerprint density at radius 3 is 2.48 bits per heavy atom. The van der Waals surface area contributed by atoms with E-state index in [-0.39, 0.29) is 11.7 Å². The summed E-state index contributed by atoms with van der Waals surface area (Å²) >= 11 is 0. The van der Waals surface area contributed by atoms with Crippen molar-refractivity contribution in [1.82, 2.24) is 14.3 Å². The number of halogens is 1. The van der Waals surface area contributed by atoms with Crippen molar-refractivity contribution < 1.29 is 9.18 Å². The highest BCUT2D eigenvalue weighted by molar-refractivity contribution is 5.93. The third-order valence-corrected chi connectivity index (χ3v) is 4.66. The number of hydrogen-bond donors (Lipinski definition) is 0. The van der Waals surface area contributed by atoms with Gasteiger partial charge in [-0.15, -0.1) is 0 Å². The molecule has 25 heavy (non-hydrogen) atoms. The first-order chi connectivity index (χ1) is 12.1. The van der Waals surface area contributed by atoms with Gasteiger partial charge in [0.1, 0.15) is 17.2 Å². The van der Waals surface area contributed by atoms with Gasteiger partial charge in [0.05, 0.1) is 0 Å². The molecule has 3 aromatic rings. The highest BCUT2D eigenvalue weighted by Crippen LogP contribution is 2.18. The van der Waals surface area contributed by atoms with Gasteiger partial charge in [-0.1, -0.05) is 6.07 Å². The summed E-state index contributed by atoms with van der Waals surface area (Å²) in [5, 5.41) is 0. The summed E-state index contributed by atoms with van der Waals surface area (Å²) in [5.74, 6) is -0.276. The van der Waals surface area contributed by atoms with Crippen molar-refractivity contribution >= 4 is 17.2 Å². The first-order valence-corrected chi connectivity index (χ1v) is 8.36. The normalized spacial score (nSPS) is 15.0. The van der Waals surface area contributed by atoms with Gasteiger partial charge in [0.2, 0.25) is 0 Å². The first-order valence-electron chi connectivity index (χ1n) is 8.36. The van der Waals surface area contributed by atoms with Gasteiger partial charge in [0.15, 0.2) is 0 Å². The molecule has 0 atom stereocenters. The number of nitrogens with zero attached hydrogens (tertiary/aromatic N) is 4. The highest BCUT2D eigenvalue weighted by Gasteiger charge is 2.24. The second-order valence-electron chi connectivity index (χ2n) is 6.30. The Hall–Kier alpha value is -2.89. The van der Waals surface area contributed by atoms with Gasteiger partial charge in [-0.2, -0.15) is 0 Å². The fraction of sp³-hybridized carbons (Fsp3) is 0.263. The number of benzene rings is 1. The van der Waals surface area contributed by atoms with Gasteiger partial charge in [-0.3, -0.25) is 4.79 Å². The molecule has 1 aliphatic rings. The van der Waals surface area contributed by atoms with Gasteiger partial charge in [0, 0.05) is 44.3 Å². The van der Waals surface area contributed by atoms with Gasteiger partial charge in [-0.05, 0) is 42.8 Å². The molecule has 128 valence electrons. The number of rotatable bonds is 2. The van der Waals surface area contributed by atoms with Crippen LogP contribution in [0.2, 0.25) is 0 Å². The summed E-state index contributed by atoms with van der Waals surface area (Å²) in [6.07, 6.45) is 3.69. The number of aryl methyl sites for hydroxylation is 1. The lowest BCUT2D eigenvalue weighted by Gasteiger charge is -2.35. The van der Waals surface area contributed by atoms with Gasteiger partial charge >= 0.3 is 0 Å². The smallest absolute Gasteiger partial charge is 0.274 e. The number of carbonyl (C=O) groups is 1. The standard InChI is InChI=1S/C19H19FN4O/c1-14-3-2-8-24-13-17(21-18(14)24)19(25)23-11-9-22(10-12-23)16-6-4-15(20)5-7-16/h2-8,13H,9-12H2,1H3. The number of anilines is 1. The van der Waals surface area contributed by atoms with Crippen LogP contribution in [0, 0.1) is 12.7 Å². The molecule has 0 radical (unpaired) electrons. The van der Waals surface area contributed by atoms with Crippen LogP contribution in [0.25, 0.3) is 5.65 Å². The summed E-state index contributed by atoms with van der Waals surface area (Å²) in [5.41, 5.74) is 3.32. The topological polar surface area (TPSA) is 40.9 Å². The molecule has 3 heterocycles. The van der Waals surface area contributed by atoms with E-state index in [1.807, 2.05) is 34.6 Å². The lowest BCUT2D eigenvalue weighted by Crippen LogP contribution is -2.48. The molecule has 0 N–H and O–H groups in total. The quantitative estimate of drug-likeness (QED) is 0.721. The van der Waals surface area contributed by atoms with Crippen molar-refractivity contribution in [2.45, 2.75) is 6.92 Å². The molecule has 1 aromatic carbocycles. The molecular weight excluding hydrogens is 319 g/mol. The SMILES string of the molecule is Cc1cccn2cc(C(=O)N3CCN(c4ccc(F)cc4)CC3)nc12. The summed E-state index contributed by atoms with van der Waals surface area (Å²) in [6.45, 7) is 4.69. The molecule has 5 nitrogen and oxygen atoms in total. The molecule has 0 aliphatic carbocycles. The number of amides is 1. The van der Waals surface area contributed by atoms with Crippen LogP contribution in [0.3, 0.4) is 0 Å². The van der Waals surface area contributed by atoms with E-state index >= 15 is 0 Å². The minimum absolute atomic E-state index is 0.0399. The fourth-order valence-corrected chi connectivity index (χ4v) is 3.24. The minimum Gasteiger partial charge on any atom is -0.368 e. The van der Waals surface area contributed by atoms with E-state index in [1.54, 1.807) is 18.3 Å². The monoisotopic (exact) mass is 338 g/mol. The van der Waals surface area contributed by atoms with Crippen LogP contribution in [0.15, 0.2) is 48.8 Å². The highest BCUT2D eigenvalue weighted by atomic mass is 19.1. The van der Waals surface area contributed by atoms with E-state index in [2.05, 4.69) is 9.88 Å². The van der Waals surface area contributed by atoms with E-state index < -0.39 is 0 Å². The Balaban J connectivity index is 1.47. The van der Waals surface area contributed by atoms with Crippen LogP contribution < -0.4 is 4.90 Å². The summed E-state index contributed by atoms with van der Waals surface area (Å²) in [6, 6.07) is 10.4. The Bertz CT molecular complexity index is 911. The molecular formula is C19H19FN4O. The van der Waals surface area contributed by atoms with E-state index in [0.29, 0.717) is 18.8 Å². The van der Waals surface area contributed by atoms with Crippen molar-refractivity contribution in [1.29, 1.82) is 0 Å². The van der Waals surface area contributed by atoms with Crippen LogP contribution in [0.1, 0.15) is 16.1 Å². The average molecular weight is 338 g/mol. The van der Waals surface area contributed by atoms with Gasteiger partial charge in [-0.25, -0.2) is 9.37 Å². The van der Waals surface area contributed by atoms with Crippen molar-refractivity contribution in [3.63, 3.8) is 0 Å². The van der Waals surface area contributed by atoms with Crippen molar-refractivity contribution in [3.05, 3.63) is 65.9 Å². The Morgan fingerprint density at radius 1 is 1.08 bits per heavy atom. The largest absolute Gasteiger partial charge is 0.368 e. The molecule has 0 bridgehead atoms. The van der Waals surface area contributed by atoms with Crippen molar-refractivity contribution in [2.24, 2.45) is 0 Å². The minimum atomic E-state index is -0.236. The fourth-order valence-electron chi connectivity index (χ4n) is 3.24. The first kappa shape index (κ1) is 15.6. The molecule has 6 heteroatoms. The maximum absolute atomic E-state index is 13.0. The second kappa shape index (κ2) is 6.20. The molecule has 1 saturated heterocycles. The van der Waals surface area contributed by atoms with E-state index in [1.165, 1.54) is 12.1 Å². The number of imidazole rings is 1. The maximum Gasteiger partial charge on any atom is 0.274 e. The number of piperazine rings is 1. The summed E-state index contributed by atoms with van der Waals surface area (Å²) in [4.78, 5) is 21.2. The lowest BCUT2D eigenvalue weighted by molar-refractivity contribution is 0.0741. The molecule has 0 spiro atoms. The van der Waals surface area contributed by atoms with Crippen LogP contribution in [0.5, 0.6) is 0 Å². The predicted molar refractivity (Wildman–Crippen MR) is 94.4 cm³/mol. The molecule has 0 unspecified atom stereocenters. The molecule has 0 saturated carbocycles.